The smallest absolute Gasteiger partial charge is 0.180 e. The third kappa shape index (κ3) is 3.24. The predicted molar refractivity (Wildman–Crippen MR) is 120 cm³/mol. The second-order valence-corrected chi connectivity index (χ2v) is 7.94. The Balaban J connectivity index is 1.76. The van der Waals surface area contributed by atoms with E-state index in [0.29, 0.717) is 5.02 Å². The first-order chi connectivity index (χ1) is 14.2. The number of ether oxygens (including phenoxy) is 1. The third-order valence-corrected chi connectivity index (χ3v) is 6.15. The van der Waals surface area contributed by atoms with E-state index in [4.69, 9.17) is 21.2 Å². The zero-order valence-corrected chi connectivity index (χ0v) is 17.1. The number of halogens is 1. The van der Waals surface area contributed by atoms with Gasteiger partial charge in [-0.3, -0.25) is 0 Å². The van der Waals surface area contributed by atoms with E-state index in [9.17, 15) is 0 Å². The van der Waals surface area contributed by atoms with Crippen LogP contribution in [0.4, 0.5) is 0 Å². The van der Waals surface area contributed by atoms with Crippen LogP contribution in [0.1, 0.15) is 11.1 Å². The van der Waals surface area contributed by atoms with Crippen molar-refractivity contribution in [1.82, 2.24) is 0 Å². The van der Waals surface area contributed by atoms with Crippen molar-refractivity contribution in [2.24, 2.45) is 5.16 Å². The molecule has 2 heterocycles. The molecule has 0 aromatic heterocycles. The highest BCUT2D eigenvalue weighted by atomic mass is 35.5. The molecule has 3 nitrogen and oxygen atoms in total. The molecule has 2 aliphatic heterocycles. The highest BCUT2D eigenvalue weighted by Gasteiger charge is 2.28. The van der Waals surface area contributed by atoms with Gasteiger partial charge >= 0.3 is 0 Å². The maximum atomic E-state index is 6.09. The molecule has 29 heavy (non-hydrogen) atoms. The molecule has 0 N–H and O–H groups in total. The van der Waals surface area contributed by atoms with Crippen molar-refractivity contribution in [3.63, 3.8) is 0 Å². The van der Waals surface area contributed by atoms with E-state index in [1.54, 1.807) is 18.9 Å². The van der Waals surface area contributed by atoms with Gasteiger partial charge in [0.2, 0.25) is 0 Å². The molecule has 0 amide bonds. The van der Waals surface area contributed by atoms with E-state index in [1.165, 1.54) is 0 Å². The largest absolute Gasteiger partial charge is 0.497 e. The van der Waals surface area contributed by atoms with Crippen LogP contribution in [0.5, 0.6) is 5.75 Å². The summed E-state index contributed by atoms with van der Waals surface area (Å²) in [6.07, 6.45) is 0. The van der Waals surface area contributed by atoms with Crippen LogP contribution in [0, 0.1) is 0 Å². The molecule has 142 valence electrons. The van der Waals surface area contributed by atoms with Gasteiger partial charge in [-0.2, -0.15) is 0 Å². The molecule has 3 aromatic rings. The summed E-state index contributed by atoms with van der Waals surface area (Å²) in [5.41, 5.74) is 3.82. The number of oxime groups is 1. The summed E-state index contributed by atoms with van der Waals surface area (Å²) in [4.78, 5) is 7.00. The van der Waals surface area contributed by atoms with Crippen LogP contribution in [0.3, 0.4) is 0 Å². The SMILES string of the molecule is COc1ccc(C2=C3SC=c4ccccc4=C3ON=C2c2ccc(Cl)cc2)cc1. The van der Waals surface area contributed by atoms with Crippen molar-refractivity contribution in [1.29, 1.82) is 0 Å². The number of allylic oxidation sites excluding steroid dienone is 1. The molecule has 0 bridgehead atoms. The van der Waals surface area contributed by atoms with Crippen LogP contribution in [0.2, 0.25) is 5.02 Å². The number of hydrogen-bond donors (Lipinski definition) is 0. The van der Waals surface area contributed by atoms with Crippen molar-refractivity contribution >= 4 is 45.8 Å². The Labute approximate surface area is 177 Å². The van der Waals surface area contributed by atoms with E-state index in [-0.39, 0.29) is 0 Å². The summed E-state index contributed by atoms with van der Waals surface area (Å²) in [6.45, 7) is 0. The number of thioether (sulfide) groups is 1. The molecule has 3 aromatic carbocycles. The Kier molecular flexibility index (Phi) is 4.66. The number of methoxy groups -OCH3 is 1. The monoisotopic (exact) mass is 417 g/mol. The zero-order valence-electron chi connectivity index (χ0n) is 15.6. The first kappa shape index (κ1) is 18.1. The quantitative estimate of drug-likeness (QED) is 0.614. The molecule has 0 atom stereocenters. The lowest BCUT2D eigenvalue weighted by molar-refractivity contribution is 0.295. The molecule has 5 rings (SSSR count). The minimum atomic E-state index is 0.686. The van der Waals surface area contributed by atoms with Gasteiger partial charge in [0.15, 0.2) is 5.76 Å². The third-order valence-electron chi connectivity index (χ3n) is 4.90. The fourth-order valence-corrected chi connectivity index (χ4v) is 4.61. The van der Waals surface area contributed by atoms with Gasteiger partial charge in [0.05, 0.1) is 12.0 Å². The zero-order chi connectivity index (χ0) is 19.8. The number of rotatable bonds is 3. The maximum Gasteiger partial charge on any atom is 0.180 e. The Hall–Kier alpha value is -2.95. The number of nitrogens with zero attached hydrogens (tertiary/aromatic N) is 1. The molecule has 0 aliphatic carbocycles. The first-order valence-corrected chi connectivity index (χ1v) is 10.4. The van der Waals surface area contributed by atoms with E-state index in [0.717, 1.165) is 49.3 Å². The molecule has 0 saturated carbocycles. The van der Waals surface area contributed by atoms with Gasteiger partial charge in [-0.15, -0.1) is 0 Å². The fourth-order valence-electron chi connectivity index (χ4n) is 3.44. The lowest BCUT2D eigenvalue weighted by atomic mass is 9.94. The Morgan fingerprint density at radius 3 is 2.38 bits per heavy atom. The highest BCUT2D eigenvalue weighted by molar-refractivity contribution is 8.10. The summed E-state index contributed by atoms with van der Waals surface area (Å²) in [7, 11) is 1.67. The van der Waals surface area contributed by atoms with Crippen LogP contribution in [0.25, 0.3) is 16.7 Å². The van der Waals surface area contributed by atoms with E-state index >= 15 is 0 Å². The number of benzene rings is 3. The predicted octanol–water partition coefficient (Wildman–Crippen LogP) is 4.79. The van der Waals surface area contributed by atoms with Crippen LogP contribution >= 0.6 is 23.4 Å². The van der Waals surface area contributed by atoms with Crippen LogP contribution in [0.15, 0.2) is 82.9 Å². The summed E-state index contributed by atoms with van der Waals surface area (Å²) in [5.74, 6) is 1.60. The molecule has 0 unspecified atom stereocenters. The Bertz CT molecular complexity index is 1280. The van der Waals surface area contributed by atoms with Crippen LogP contribution < -0.4 is 15.2 Å². The van der Waals surface area contributed by atoms with E-state index < -0.39 is 0 Å². The summed E-state index contributed by atoms with van der Waals surface area (Å²) in [5, 5.41) is 9.56. The van der Waals surface area contributed by atoms with Gasteiger partial charge in [-0.25, -0.2) is 0 Å². The van der Waals surface area contributed by atoms with Crippen molar-refractivity contribution < 1.29 is 9.57 Å². The van der Waals surface area contributed by atoms with Crippen LogP contribution in [-0.2, 0) is 4.84 Å². The summed E-state index contributed by atoms with van der Waals surface area (Å²) >= 11 is 7.75. The lowest BCUT2D eigenvalue weighted by Gasteiger charge is -2.24. The van der Waals surface area contributed by atoms with Gasteiger partial charge in [0.1, 0.15) is 11.5 Å². The topological polar surface area (TPSA) is 30.8 Å². The second-order valence-electron chi connectivity index (χ2n) is 6.62. The molecule has 0 saturated heterocycles. The highest BCUT2D eigenvalue weighted by Crippen LogP contribution is 2.41. The van der Waals surface area contributed by atoms with Gasteiger partial charge in [-0.1, -0.05) is 77.0 Å². The molecule has 0 radical (unpaired) electrons. The molecule has 0 fully saturated rings. The standard InChI is InChI=1S/C24H16ClNO2S/c1-27-19-12-8-15(9-13-19)21-22(16-6-10-18(25)11-7-16)26-28-23-20-5-3-2-4-17(20)14-29-24(21)23/h2-14H,1H3. The molecule has 5 heteroatoms. The van der Waals surface area contributed by atoms with Gasteiger partial charge in [0, 0.05) is 21.4 Å². The van der Waals surface area contributed by atoms with Crippen molar-refractivity contribution in [2.75, 3.05) is 7.11 Å². The van der Waals surface area contributed by atoms with Crippen molar-refractivity contribution in [3.05, 3.63) is 104 Å². The van der Waals surface area contributed by atoms with Gasteiger partial charge in [0.25, 0.3) is 0 Å². The molecule has 2 aliphatic rings. The van der Waals surface area contributed by atoms with Gasteiger partial charge < -0.3 is 9.57 Å². The average Bonchev–Trinajstić information content (AvgIpc) is 2.79. The fraction of sp³-hybridized carbons (Fsp3) is 0.0417. The van der Waals surface area contributed by atoms with Gasteiger partial charge in [-0.05, 0) is 40.5 Å². The number of fused-ring (bicyclic) bond motifs is 2. The molecule has 0 spiro atoms. The van der Waals surface area contributed by atoms with Crippen molar-refractivity contribution in [3.8, 4) is 5.75 Å². The summed E-state index contributed by atoms with van der Waals surface area (Å²) < 4.78 is 5.33. The minimum absolute atomic E-state index is 0.686. The Morgan fingerprint density at radius 2 is 1.62 bits per heavy atom. The normalized spacial score (nSPS) is 15.0. The summed E-state index contributed by atoms with van der Waals surface area (Å²) in [6, 6.07) is 23.9. The van der Waals surface area contributed by atoms with Crippen molar-refractivity contribution in [2.45, 2.75) is 0 Å². The van der Waals surface area contributed by atoms with E-state index in [2.05, 4.69) is 34.8 Å². The second kappa shape index (κ2) is 7.47. The minimum Gasteiger partial charge on any atom is -0.497 e. The maximum absolute atomic E-state index is 6.09. The number of hydrogen-bond acceptors (Lipinski definition) is 4. The first-order valence-electron chi connectivity index (χ1n) is 9.11. The lowest BCUT2D eigenvalue weighted by Crippen LogP contribution is -2.31. The average molecular weight is 418 g/mol. The molecular formula is C24H16ClNO2S. The molecular weight excluding hydrogens is 402 g/mol. The van der Waals surface area contributed by atoms with Crippen LogP contribution in [-0.4, -0.2) is 12.8 Å². The Morgan fingerprint density at radius 1 is 0.897 bits per heavy atom. The van der Waals surface area contributed by atoms with E-state index in [1.807, 2.05) is 48.5 Å².